The minimum Gasteiger partial charge on any atom is -0.476 e. The van der Waals surface area contributed by atoms with Gasteiger partial charge >= 0.3 is 13.7 Å². The highest BCUT2D eigenvalue weighted by Gasteiger charge is 2.53. The number of anilines is 1. The van der Waals surface area contributed by atoms with Crippen molar-refractivity contribution >= 4 is 30.8 Å². The number of fused-ring (bicyclic) bond motifs is 1. The summed E-state index contributed by atoms with van der Waals surface area (Å²) in [6, 6.07) is 7.25. The van der Waals surface area contributed by atoms with Crippen LogP contribution >= 0.6 is 7.75 Å². The number of carbonyl (C=O) groups excluding carboxylic acids is 1. The van der Waals surface area contributed by atoms with E-state index in [1.165, 1.54) is 17.8 Å². The van der Waals surface area contributed by atoms with E-state index in [0.717, 1.165) is 0 Å². The molecule has 4 rings (SSSR count). The Morgan fingerprint density at radius 2 is 1.98 bits per heavy atom. The summed E-state index contributed by atoms with van der Waals surface area (Å²) < 4.78 is 43.6. The average Bonchev–Trinajstić information content (AvgIpc) is 3.41. The van der Waals surface area contributed by atoms with Crippen LogP contribution in [0.2, 0.25) is 0 Å². The zero-order valence-electron chi connectivity index (χ0n) is 23.5. The molecule has 16 heteroatoms. The predicted molar refractivity (Wildman–Crippen MR) is 148 cm³/mol. The van der Waals surface area contributed by atoms with Gasteiger partial charge in [0.05, 0.1) is 31.2 Å². The van der Waals surface area contributed by atoms with Crippen LogP contribution in [-0.4, -0.2) is 73.7 Å². The van der Waals surface area contributed by atoms with E-state index in [0.29, 0.717) is 12.1 Å². The van der Waals surface area contributed by atoms with Gasteiger partial charge in [0.1, 0.15) is 24.0 Å². The maximum absolute atomic E-state index is 13.8. The number of nitrogens with zero attached hydrogens (tertiary/aromatic N) is 4. The Morgan fingerprint density at radius 1 is 1.27 bits per heavy atom. The number of nitrogens with two attached hydrogens (primary N) is 2. The first-order chi connectivity index (χ1) is 19.3. The number of esters is 1. The molecule has 0 saturated carbocycles. The number of aromatic nitrogens is 4. The number of ether oxygens (including phenoxy) is 3. The lowest BCUT2D eigenvalue weighted by atomic mass is 9.93. The van der Waals surface area contributed by atoms with Crippen molar-refractivity contribution in [2.45, 2.75) is 70.7 Å². The number of aliphatic hydroxyl groups excluding tert-OH is 1. The minimum absolute atomic E-state index is 0.0463. The van der Waals surface area contributed by atoms with Crippen molar-refractivity contribution in [3.8, 4) is 11.6 Å². The van der Waals surface area contributed by atoms with Gasteiger partial charge in [0.2, 0.25) is 11.8 Å². The van der Waals surface area contributed by atoms with Crippen molar-refractivity contribution < 1.29 is 37.7 Å². The third-order valence-electron chi connectivity index (χ3n) is 6.20. The summed E-state index contributed by atoms with van der Waals surface area (Å²) >= 11 is 0. The quantitative estimate of drug-likeness (QED) is 0.175. The smallest absolute Gasteiger partial charge is 0.459 e. The molecule has 6 unspecified atom stereocenters. The van der Waals surface area contributed by atoms with Crippen LogP contribution in [0.25, 0.3) is 11.2 Å². The fraction of sp³-hybridized carbons (Fsp3) is 0.520. The summed E-state index contributed by atoms with van der Waals surface area (Å²) in [5.74, 6) is -0.266. The lowest BCUT2D eigenvalue weighted by Crippen LogP contribution is -2.52. The number of hydrogen-bond donors (Lipinski definition) is 4. The van der Waals surface area contributed by atoms with Crippen LogP contribution in [0, 0.1) is 0 Å². The molecule has 0 aliphatic carbocycles. The van der Waals surface area contributed by atoms with E-state index >= 15 is 0 Å². The Hall–Kier alpha value is -3.33. The summed E-state index contributed by atoms with van der Waals surface area (Å²) in [5, 5.41) is 13.7. The highest BCUT2D eigenvalue weighted by Crippen LogP contribution is 2.47. The molecule has 0 radical (unpaired) electrons. The van der Waals surface area contributed by atoms with Crippen molar-refractivity contribution in [1.82, 2.24) is 24.6 Å². The monoisotopic (exact) mass is 593 g/mol. The lowest BCUT2D eigenvalue weighted by molar-refractivity contribution is -0.149. The van der Waals surface area contributed by atoms with Crippen molar-refractivity contribution in [1.29, 1.82) is 0 Å². The number of nitrogens with one attached hydrogen (secondary N) is 1. The SMILES string of the molecule is CCOc1nc(N)nc2c1ncn2C1OC(COP(=O)(NC(C)C(=O)OC(C)C)Oc2ccccc2)C(O)C1(C)N. The van der Waals surface area contributed by atoms with Gasteiger partial charge in [0, 0.05) is 0 Å². The average molecular weight is 594 g/mol. The number of imidazole rings is 1. The Bertz CT molecular complexity index is 1400. The van der Waals surface area contributed by atoms with Crippen LogP contribution in [0.5, 0.6) is 11.6 Å². The predicted octanol–water partition coefficient (Wildman–Crippen LogP) is 1.92. The van der Waals surface area contributed by atoms with E-state index in [1.807, 2.05) is 0 Å². The van der Waals surface area contributed by atoms with Crippen LogP contribution in [0.1, 0.15) is 40.8 Å². The van der Waals surface area contributed by atoms with Crippen LogP contribution < -0.4 is 25.8 Å². The molecule has 1 aliphatic heterocycles. The zero-order valence-corrected chi connectivity index (χ0v) is 24.4. The van der Waals surface area contributed by atoms with E-state index in [2.05, 4.69) is 20.0 Å². The first-order valence-electron chi connectivity index (χ1n) is 13.1. The second-order valence-electron chi connectivity index (χ2n) is 10.0. The van der Waals surface area contributed by atoms with E-state index in [1.54, 1.807) is 58.0 Å². The summed E-state index contributed by atoms with van der Waals surface area (Å²) in [6.45, 7) is 8.16. The largest absolute Gasteiger partial charge is 0.476 e. The van der Waals surface area contributed by atoms with E-state index in [-0.39, 0.29) is 29.3 Å². The van der Waals surface area contributed by atoms with Crippen molar-refractivity contribution in [2.75, 3.05) is 18.9 Å². The van der Waals surface area contributed by atoms with Crippen LogP contribution in [0.15, 0.2) is 36.7 Å². The summed E-state index contributed by atoms with van der Waals surface area (Å²) in [5.41, 5.74) is 11.7. The molecule has 0 amide bonds. The van der Waals surface area contributed by atoms with Gasteiger partial charge in [-0.2, -0.15) is 15.1 Å². The molecule has 0 spiro atoms. The molecule has 224 valence electrons. The molecule has 3 aromatic rings. The van der Waals surface area contributed by atoms with Crippen LogP contribution in [0.3, 0.4) is 0 Å². The van der Waals surface area contributed by atoms with Gasteiger partial charge in [-0.1, -0.05) is 18.2 Å². The molecule has 1 fully saturated rings. The maximum atomic E-state index is 13.8. The molecule has 1 aliphatic rings. The normalized spacial score (nSPS) is 24.7. The first-order valence-corrected chi connectivity index (χ1v) is 14.6. The molecule has 6 atom stereocenters. The minimum atomic E-state index is -4.21. The van der Waals surface area contributed by atoms with Gasteiger partial charge in [-0.15, -0.1) is 0 Å². The fourth-order valence-electron chi connectivity index (χ4n) is 4.25. The number of rotatable bonds is 12. The number of hydrogen-bond acceptors (Lipinski definition) is 13. The number of benzene rings is 1. The van der Waals surface area contributed by atoms with Gasteiger partial charge < -0.3 is 35.3 Å². The third-order valence-corrected chi connectivity index (χ3v) is 7.84. The van der Waals surface area contributed by atoms with Gasteiger partial charge in [-0.05, 0) is 46.8 Å². The molecule has 1 aromatic carbocycles. The first kappa shape index (κ1) is 30.6. The van der Waals surface area contributed by atoms with Crippen molar-refractivity contribution in [3.63, 3.8) is 0 Å². The standard InChI is InChI=1S/C25H36N7O8P/c1-6-36-21-18-20(29-24(26)30-21)32(13-28-18)23-25(5,27)19(33)17(39-23)12-37-41(35,40-16-10-8-7-9-11-16)31-15(4)22(34)38-14(2)3/h7-11,13-15,17,19,23,33H,6,12,27H2,1-5H3,(H,31,35)(H2,26,29,30). The summed E-state index contributed by atoms with van der Waals surface area (Å²) in [6.07, 6.45) is -2.29. The number of aliphatic hydroxyl groups is 1. The maximum Gasteiger partial charge on any atom is 0.459 e. The second-order valence-corrected chi connectivity index (χ2v) is 11.7. The van der Waals surface area contributed by atoms with E-state index in [9.17, 15) is 14.5 Å². The molecule has 0 bridgehead atoms. The van der Waals surface area contributed by atoms with Crippen molar-refractivity contribution in [3.05, 3.63) is 36.7 Å². The molecular formula is C25H36N7O8P. The molecule has 2 aromatic heterocycles. The Kier molecular flexibility index (Phi) is 9.16. The summed E-state index contributed by atoms with van der Waals surface area (Å²) in [4.78, 5) is 25.1. The van der Waals surface area contributed by atoms with Gasteiger partial charge in [-0.3, -0.25) is 13.9 Å². The topological polar surface area (TPSA) is 208 Å². The van der Waals surface area contributed by atoms with E-state index < -0.39 is 50.3 Å². The van der Waals surface area contributed by atoms with Gasteiger partial charge in [-0.25, -0.2) is 9.55 Å². The van der Waals surface area contributed by atoms with Gasteiger partial charge in [0.15, 0.2) is 17.4 Å². The van der Waals surface area contributed by atoms with Crippen molar-refractivity contribution in [2.24, 2.45) is 5.73 Å². The number of para-hydroxylation sites is 1. The fourth-order valence-corrected chi connectivity index (χ4v) is 5.75. The van der Waals surface area contributed by atoms with Gasteiger partial charge in [0.25, 0.3) is 0 Å². The Labute approximate surface area is 237 Å². The molecule has 15 nitrogen and oxygen atoms in total. The molecule has 1 saturated heterocycles. The zero-order chi connectivity index (χ0) is 29.9. The van der Waals surface area contributed by atoms with E-state index in [4.69, 9.17) is 34.7 Å². The second kappa shape index (κ2) is 12.3. The highest BCUT2D eigenvalue weighted by atomic mass is 31.2. The van der Waals surface area contributed by atoms with Crippen LogP contribution in [0.4, 0.5) is 5.95 Å². The van der Waals surface area contributed by atoms with Crippen LogP contribution in [-0.2, 0) is 23.4 Å². The third kappa shape index (κ3) is 6.77. The molecule has 3 heterocycles. The number of carbonyl (C=O) groups is 1. The Morgan fingerprint density at radius 3 is 2.63 bits per heavy atom. The Balaban J connectivity index is 1.56. The molecule has 41 heavy (non-hydrogen) atoms. The molecular weight excluding hydrogens is 557 g/mol. The molecule has 6 N–H and O–H groups in total. The number of nitrogen functional groups attached to an aromatic ring is 1. The highest BCUT2D eigenvalue weighted by molar-refractivity contribution is 7.52. The summed E-state index contributed by atoms with van der Waals surface area (Å²) in [7, 11) is -4.21. The lowest BCUT2D eigenvalue weighted by Gasteiger charge is -2.28.